The summed E-state index contributed by atoms with van der Waals surface area (Å²) in [7, 11) is 11.3. The van der Waals surface area contributed by atoms with E-state index in [0.29, 0.717) is 0 Å². The molecule has 0 aliphatic heterocycles. The van der Waals surface area contributed by atoms with Crippen LogP contribution in [0.15, 0.2) is 47.5 Å². The van der Waals surface area contributed by atoms with Crippen molar-refractivity contribution >= 4 is 35.6 Å². The summed E-state index contributed by atoms with van der Waals surface area (Å²) >= 11 is 0. The fourth-order valence-corrected chi connectivity index (χ4v) is 3.10. The number of nitrogens with zero attached hydrogens (tertiary/aromatic N) is 3. The number of hydrogen-bond donors (Lipinski definition) is 1. The van der Waals surface area contributed by atoms with Crippen LogP contribution in [-0.2, 0) is 12.8 Å². The third kappa shape index (κ3) is 7.59. The number of nitrogens with one attached hydrogen (secondary N) is 1. The van der Waals surface area contributed by atoms with Gasteiger partial charge >= 0.3 is 0 Å². The van der Waals surface area contributed by atoms with E-state index < -0.39 is 0 Å². The van der Waals surface area contributed by atoms with E-state index in [9.17, 15) is 0 Å². The van der Waals surface area contributed by atoms with Crippen molar-refractivity contribution < 1.29 is 9.47 Å². The van der Waals surface area contributed by atoms with Crippen molar-refractivity contribution in [2.45, 2.75) is 12.8 Å². The minimum Gasteiger partial charge on any atom is -0.493 e. The summed E-state index contributed by atoms with van der Waals surface area (Å²) in [6.45, 7) is 1.70. The highest BCUT2D eigenvalue weighted by Crippen LogP contribution is 2.27. The van der Waals surface area contributed by atoms with Crippen LogP contribution in [0.25, 0.3) is 0 Å². The predicted octanol–water partition coefficient (Wildman–Crippen LogP) is 3.68. The van der Waals surface area contributed by atoms with E-state index in [1.54, 1.807) is 14.2 Å². The maximum atomic E-state index is 5.39. The number of likely N-dealkylation sites (N-methyl/N-ethyl adjacent to an activating group) is 1. The van der Waals surface area contributed by atoms with Crippen LogP contribution in [0.3, 0.4) is 0 Å². The van der Waals surface area contributed by atoms with Gasteiger partial charge in [0.25, 0.3) is 0 Å². The Morgan fingerprint density at radius 2 is 1.53 bits per heavy atom. The van der Waals surface area contributed by atoms with E-state index in [0.717, 1.165) is 43.4 Å². The van der Waals surface area contributed by atoms with Gasteiger partial charge in [-0.05, 0) is 48.2 Å². The smallest absolute Gasteiger partial charge is 0.193 e. The Labute approximate surface area is 198 Å². The van der Waals surface area contributed by atoms with Crippen LogP contribution >= 0.6 is 24.0 Å². The molecule has 0 spiro atoms. The standard InChI is InChI=1S/C23H34N4O2.HI/c1-24-23(25-15-13-18-7-10-20(11-8-18)26(2)3)27(4)16-14-19-9-12-21(28-5)22(17-19)29-6;/h7-12,17H,13-16H2,1-6H3,(H,24,25);1H. The molecule has 7 heteroatoms. The van der Waals surface area contributed by atoms with E-state index in [4.69, 9.17) is 9.47 Å². The molecular weight excluding hydrogens is 491 g/mol. The highest BCUT2D eigenvalue weighted by Gasteiger charge is 2.08. The number of rotatable bonds is 9. The summed E-state index contributed by atoms with van der Waals surface area (Å²) < 4.78 is 10.7. The van der Waals surface area contributed by atoms with Gasteiger partial charge in [0.05, 0.1) is 14.2 Å². The number of halogens is 1. The van der Waals surface area contributed by atoms with Crippen LogP contribution in [0, 0.1) is 0 Å². The second kappa shape index (κ2) is 13.2. The van der Waals surface area contributed by atoms with Gasteiger partial charge in [0.2, 0.25) is 0 Å². The Bertz CT molecular complexity index is 794. The highest BCUT2D eigenvalue weighted by molar-refractivity contribution is 14.0. The summed E-state index contributed by atoms with van der Waals surface area (Å²) in [5.41, 5.74) is 3.73. The molecule has 30 heavy (non-hydrogen) atoms. The molecule has 1 N–H and O–H groups in total. The number of guanidine groups is 1. The van der Waals surface area contributed by atoms with Gasteiger partial charge in [-0.25, -0.2) is 0 Å². The fraction of sp³-hybridized carbons (Fsp3) is 0.435. The minimum absolute atomic E-state index is 0. The molecule has 0 aliphatic carbocycles. The maximum absolute atomic E-state index is 5.39. The first-order chi connectivity index (χ1) is 14.0. The van der Waals surface area contributed by atoms with Crippen molar-refractivity contribution in [1.82, 2.24) is 10.2 Å². The molecule has 0 fully saturated rings. The normalized spacial score (nSPS) is 10.8. The fourth-order valence-electron chi connectivity index (χ4n) is 3.10. The molecule has 0 heterocycles. The molecule has 0 unspecified atom stereocenters. The minimum atomic E-state index is 0. The first kappa shape index (κ1) is 25.9. The molecular formula is C23H35IN4O2. The van der Waals surface area contributed by atoms with E-state index in [1.165, 1.54) is 16.8 Å². The van der Waals surface area contributed by atoms with Gasteiger partial charge in [-0.15, -0.1) is 24.0 Å². The van der Waals surface area contributed by atoms with Crippen LogP contribution in [0.4, 0.5) is 5.69 Å². The summed E-state index contributed by atoms with van der Waals surface area (Å²) in [5, 5.41) is 3.45. The number of aliphatic imine (C=N–C) groups is 1. The van der Waals surface area contributed by atoms with Crippen LogP contribution in [0.1, 0.15) is 11.1 Å². The van der Waals surface area contributed by atoms with Gasteiger partial charge < -0.3 is 24.6 Å². The number of hydrogen-bond acceptors (Lipinski definition) is 4. The molecule has 6 nitrogen and oxygen atoms in total. The van der Waals surface area contributed by atoms with Gasteiger partial charge in [-0.1, -0.05) is 18.2 Å². The Morgan fingerprint density at radius 1 is 0.900 bits per heavy atom. The van der Waals surface area contributed by atoms with Crippen molar-refractivity contribution in [3.8, 4) is 11.5 Å². The Hall–Kier alpha value is -2.16. The zero-order valence-corrected chi connectivity index (χ0v) is 21.3. The number of benzene rings is 2. The third-order valence-corrected chi connectivity index (χ3v) is 4.91. The molecule has 0 saturated heterocycles. The zero-order chi connectivity index (χ0) is 21.2. The summed E-state index contributed by atoms with van der Waals surface area (Å²) in [6.07, 6.45) is 1.85. The van der Waals surface area contributed by atoms with Crippen LogP contribution in [-0.4, -0.2) is 66.4 Å². The monoisotopic (exact) mass is 526 g/mol. The molecule has 0 aliphatic rings. The van der Waals surface area contributed by atoms with Crippen molar-refractivity contribution in [2.75, 3.05) is 60.4 Å². The van der Waals surface area contributed by atoms with Crippen molar-refractivity contribution in [3.05, 3.63) is 53.6 Å². The molecule has 0 aromatic heterocycles. The van der Waals surface area contributed by atoms with Crippen molar-refractivity contribution in [1.29, 1.82) is 0 Å². The first-order valence-electron chi connectivity index (χ1n) is 9.87. The second-order valence-electron chi connectivity index (χ2n) is 7.15. The van der Waals surface area contributed by atoms with E-state index in [-0.39, 0.29) is 24.0 Å². The van der Waals surface area contributed by atoms with Gasteiger partial charge in [0, 0.05) is 47.0 Å². The average molecular weight is 526 g/mol. The summed E-state index contributed by atoms with van der Waals surface area (Å²) in [5.74, 6) is 2.41. The Morgan fingerprint density at radius 3 is 2.10 bits per heavy atom. The lowest BCUT2D eigenvalue weighted by molar-refractivity contribution is 0.354. The summed E-state index contributed by atoms with van der Waals surface area (Å²) in [6, 6.07) is 14.7. The molecule has 0 amide bonds. The average Bonchev–Trinajstić information content (AvgIpc) is 2.75. The van der Waals surface area contributed by atoms with Gasteiger partial charge in [0.15, 0.2) is 17.5 Å². The van der Waals surface area contributed by atoms with Crippen LogP contribution in [0.2, 0.25) is 0 Å². The van der Waals surface area contributed by atoms with Crippen molar-refractivity contribution in [2.24, 2.45) is 4.99 Å². The SMILES string of the molecule is CN=C(NCCc1ccc(N(C)C)cc1)N(C)CCc1ccc(OC)c(OC)c1.I. The Balaban J connectivity index is 0.00000450. The van der Waals surface area contributed by atoms with Gasteiger partial charge in [0.1, 0.15) is 0 Å². The van der Waals surface area contributed by atoms with E-state index in [2.05, 4.69) is 71.6 Å². The van der Waals surface area contributed by atoms with Crippen LogP contribution < -0.4 is 19.7 Å². The molecule has 0 bridgehead atoms. The first-order valence-corrected chi connectivity index (χ1v) is 9.87. The maximum Gasteiger partial charge on any atom is 0.193 e. The highest BCUT2D eigenvalue weighted by atomic mass is 127. The number of methoxy groups -OCH3 is 2. The quantitative estimate of drug-likeness (QED) is 0.307. The lowest BCUT2D eigenvalue weighted by Gasteiger charge is -2.22. The topological polar surface area (TPSA) is 49.3 Å². The van der Waals surface area contributed by atoms with E-state index in [1.807, 2.05) is 19.2 Å². The largest absolute Gasteiger partial charge is 0.493 e. The number of anilines is 1. The van der Waals surface area contributed by atoms with Gasteiger partial charge in [-0.2, -0.15) is 0 Å². The molecule has 0 atom stereocenters. The molecule has 2 aromatic rings. The third-order valence-electron chi connectivity index (χ3n) is 4.91. The van der Waals surface area contributed by atoms with Gasteiger partial charge in [-0.3, -0.25) is 4.99 Å². The predicted molar refractivity (Wildman–Crippen MR) is 137 cm³/mol. The lowest BCUT2D eigenvalue weighted by Crippen LogP contribution is -2.40. The molecule has 0 saturated carbocycles. The summed E-state index contributed by atoms with van der Waals surface area (Å²) in [4.78, 5) is 8.66. The van der Waals surface area contributed by atoms with Crippen LogP contribution in [0.5, 0.6) is 11.5 Å². The Kier molecular flexibility index (Phi) is 11.4. The van der Waals surface area contributed by atoms with E-state index >= 15 is 0 Å². The lowest BCUT2D eigenvalue weighted by atomic mass is 10.1. The second-order valence-corrected chi connectivity index (χ2v) is 7.15. The molecule has 0 radical (unpaired) electrons. The molecule has 2 rings (SSSR count). The zero-order valence-electron chi connectivity index (χ0n) is 18.9. The number of ether oxygens (including phenoxy) is 2. The molecule has 166 valence electrons. The molecule has 2 aromatic carbocycles. The van der Waals surface area contributed by atoms with Crippen molar-refractivity contribution in [3.63, 3.8) is 0 Å².